The van der Waals surface area contributed by atoms with Crippen molar-refractivity contribution in [3.05, 3.63) is 45.1 Å². The summed E-state index contributed by atoms with van der Waals surface area (Å²) in [6.45, 7) is 0. The maximum atomic E-state index is 6.01. The van der Waals surface area contributed by atoms with Crippen molar-refractivity contribution in [1.29, 1.82) is 0 Å². The molecular formula is C9H8BrN3S. The van der Waals surface area contributed by atoms with E-state index in [-0.39, 0.29) is 6.04 Å². The van der Waals surface area contributed by atoms with Crippen LogP contribution in [0.3, 0.4) is 0 Å². The molecule has 0 aliphatic heterocycles. The molecule has 2 aromatic heterocycles. The molecule has 1 unspecified atom stereocenters. The molecule has 0 saturated carbocycles. The number of nitrogens with two attached hydrogens (primary N) is 1. The quantitative estimate of drug-likeness (QED) is 0.911. The van der Waals surface area contributed by atoms with E-state index in [1.807, 2.05) is 10.8 Å². The maximum absolute atomic E-state index is 6.01. The van der Waals surface area contributed by atoms with Gasteiger partial charge in [-0.05, 0) is 27.4 Å². The minimum atomic E-state index is -0.253. The second kappa shape index (κ2) is 4.16. The van der Waals surface area contributed by atoms with Gasteiger partial charge in [-0.3, -0.25) is 0 Å². The molecule has 2 heterocycles. The van der Waals surface area contributed by atoms with Crippen LogP contribution in [0.25, 0.3) is 0 Å². The van der Waals surface area contributed by atoms with Crippen LogP contribution in [0.4, 0.5) is 0 Å². The van der Waals surface area contributed by atoms with Crippen LogP contribution in [0, 0.1) is 0 Å². The van der Waals surface area contributed by atoms with Gasteiger partial charge >= 0.3 is 0 Å². The van der Waals surface area contributed by atoms with Crippen molar-refractivity contribution in [3.63, 3.8) is 0 Å². The number of halogens is 1. The van der Waals surface area contributed by atoms with Crippen molar-refractivity contribution in [2.24, 2.45) is 5.73 Å². The Morgan fingerprint density at radius 1 is 1.29 bits per heavy atom. The summed E-state index contributed by atoms with van der Waals surface area (Å²) in [5.41, 5.74) is 7.04. The molecule has 2 rings (SSSR count). The normalized spacial score (nSPS) is 12.7. The zero-order chi connectivity index (χ0) is 9.97. The van der Waals surface area contributed by atoms with Crippen molar-refractivity contribution < 1.29 is 0 Å². The standard InChI is InChI=1S/C9H8BrN3S/c10-7-5-14-4-6(7)8(11)9-12-2-1-3-13-9/h1-5,8H,11H2. The van der Waals surface area contributed by atoms with E-state index in [4.69, 9.17) is 5.73 Å². The first kappa shape index (κ1) is 9.76. The SMILES string of the molecule is NC(c1ncccn1)c1cscc1Br. The van der Waals surface area contributed by atoms with Crippen LogP contribution in [0.5, 0.6) is 0 Å². The fourth-order valence-electron chi connectivity index (χ4n) is 1.12. The first-order chi connectivity index (χ1) is 6.79. The van der Waals surface area contributed by atoms with Crippen molar-refractivity contribution in [1.82, 2.24) is 9.97 Å². The number of hydrogen-bond acceptors (Lipinski definition) is 4. The monoisotopic (exact) mass is 269 g/mol. The van der Waals surface area contributed by atoms with Gasteiger partial charge in [0.05, 0.1) is 6.04 Å². The molecule has 0 fully saturated rings. The second-order valence-corrected chi connectivity index (χ2v) is 4.36. The molecule has 14 heavy (non-hydrogen) atoms. The molecule has 3 nitrogen and oxygen atoms in total. The van der Waals surface area contributed by atoms with E-state index in [1.54, 1.807) is 29.8 Å². The second-order valence-electron chi connectivity index (χ2n) is 2.76. The van der Waals surface area contributed by atoms with Crippen LogP contribution in [0.1, 0.15) is 17.4 Å². The van der Waals surface area contributed by atoms with Crippen molar-refractivity contribution in [2.75, 3.05) is 0 Å². The summed E-state index contributed by atoms with van der Waals surface area (Å²) in [5, 5.41) is 4.00. The summed E-state index contributed by atoms with van der Waals surface area (Å²) in [5.74, 6) is 0.645. The summed E-state index contributed by atoms with van der Waals surface area (Å²) >= 11 is 5.05. The van der Waals surface area contributed by atoms with Gasteiger partial charge in [0, 0.05) is 27.8 Å². The van der Waals surface area contributed by atoms with E-state index in [1.165, 1.54) is 0 Å². The Bertz CT molecular complexity index is 415. The minimum Gasteiger partial charge on any atom is -0.318 e. The van der Waals surface area contributed by atoms with Crippen molar-refractivity contribution in [3.8, 4) is 0 Å². The van der Waals surface area contributed by atoms with Crippen LogP contribution in [-0.4, -0.2) is 9.97 Å². The van der Waals surface area contributed by atoms with Gasteiger partial charge in [-0.2, -0.15) is 11.3 Å². The lowest BCUT2D eigenvalue weighted by Crippen LogP contribution is -2.14. The summed E-state index contributed by atoms with van der Waals surface area (Å²) in [6, 6.07) is 1.52. The van der Waals surface area contributed by atoms with Crippen LogP contribution in [0.15, 0.2) is 33.7 Å². The van der Waals surface area contributed by atoms with Gasteiger partial charge in [0.15, 0.2) is 0 Å². The Labute approximate surface area is 94.1 Å². The molecule has 2 N–H and O–H groups in total. The predicted molar refractivity (Wildman–Crippen MR) is 60.1 cm³/mol. The largest absolute Gasteiger partial charge is 0.318 e. The Hall–Kier alpha value is -0.780. The van der Waals surface area contributed by atoms with E-state index in [9.17, 15) is 0 Å². The highest BCUT2D eigenvalue weighted by atomic mass is 79.9. The number of aromatic nitrogens is 2. The molecule has 72 valence electrons. The Balaban J connectivity index is 2.34. The third-order valence-electron chi connectivity index (χ3n) is 1.84. The van der Waals surface area contributed by atoms with Crippen molar-refractivity contribution in [2.45, 2.75) is 6.04 Å². The Kier molecular flexibility index (Phi) is 2.90. The van der Waals surface area contributed by atoms with E-state index in [0.29, 0.717) is 5.82 Å². The summed E-state index contributed by atoms with van der Waals surface area (Å²) in [7, 11) is 0. The average Bonchev–Trinajstić information content (AvgIpc) is 2.65. The van der Waals surface area contributed by atoms with E-state index >= 15 is 0 Å². The molecule has 0 aliphatic rings. The predicted octanol–water partition coefficient (Wildman–Crippen LogP) is 2.35. The van der Waals surface area contributed by atoms with Crippen molar-refractivity contribution >= 4 is 27.3 Å². The lowest BCUT2D eigenvalue weighted by atomic mass is 10.1. The molecule has 1 atom stereocenters. The number of thiophene rings is 1. The van der Waals surface area contributed by atoms with Crippen LogP contribution in [0.2, 0.25) is 0 Å². The summed E-state index contributed by atoms with van der Waals surface area (Å²) < 4.78 is 1.02. The molecule has 0 bridgehead atoms. The molecule has 5 heteroatoms. The van der Waals surface area contributed by atoms with Gasteiger partial charge in [-0.25, -0.2) is 9.97 Å². The highest BCUT2D eigenvalue weighted by Gasteiger charge is 2.14. The van der Waals surface area contributed by atoms with Crippen LogP contribution in [-0.2, 0) is 0 Å². The van der Waals surface area contributed by atoms with Gasteiger partial charge in [0.2, 0.25) is 0 Å². The zero-order valence-corrected chi connectivity index (χ0v) is 9.62. The molecule has 0 amide bonds. The Morgan fingerprint density at radius 3 is 2.57 bits per heavy atom. The van der Waals surface area contributed by atoms with E-state index < -0.39 is 0 Å². The van der Waals surface area contributed by atoms with Gasteiger partial charge in [0.1, 0.15) is 5.82 Å². The highest BCUT2D eigenvalue weighted by molar-refractivity contribution is 9.10. The molecule has 0 spiro atoms. The summed E-state index contributed by atoms with van der Waals surface area (Å²) in [4.78, 5) is 8.25. The van der Waals surface area contributed by atoms with E-state index in [0.717, 1.165) is 10.0 Å². The van der Waals surface area contributed by atoms with Gasteiger partial charge in [-0.15, -0.1) is 0 Å². The van der Waals surface area contributed by atoms with E-state index in [2.05, 4.69) is 25.9 Å². The number of hydrogen-bond donors (Lipinski definition) is 1. The molecule has 0 saturated heterocycles. The maximum Gasteiger partial charge on any atom is 0.149 e. The van der Waals surface area contributed by atoms with Gasteiger partial charge < -0.3 is 5.73 Å². The smallest absolute Gasteiger partial charge is 0.149 e. The molecule has 0 aromatic carbocycles. The van der Waals surface area contributed by atoms with Gasteiger partial charge in [-0.1, -0.05) is 0 Å². The number of nitrogens with zero attached hydrogens (tertiary/aromatic N) is 2. The Morgan fingerprint density at radius 2 is 2.00 bits per heavy atom. The minimum absolute atomic E-state index is 0.253. The number of rotatable bonds is 2. The molecule has 2 aromatic rings. The zero-order valence-electron chi connectivity index (χ0n) is 7.22. The lowest BCUT2D eigenvalue weighted by Gasteiger charge is -2.08. The third kappa shape index (κ3) is 1.84. The highest BCUT2D eigenvalue weighted by Crippen LogP contribution is 2.28. The fraction of sp³-hybridized carbons (Fsp3) is 0.111. The third-order valence-corrected chi connectivity index (χ3v) is 3.59. The topological polar surface area (TPSA) is 51.8 Å². The lowest BCUT2D eigenvalue weighted by molar-refractivity contribution is 0.780. The van der Waals surface area contributed by atoms with Crippen LogP contribution >= 0.6 is 27.3 Å². The molecule has 0 aliphatic carbocycles. The molecular weight excluding hydrogens is 262 g/mol. The van der Waals surface area contributed by atoms with Gasteiger partial charge in [0.25, 0.3) is 0 Å². The average molecular weight is 270 g/mol. The first-order valence-electron chi connectivity index (χ1n) is 4.03. The van der Waals surface area contributed by atoms with Crippen LogP contribution < -0.4 is 5.73 Å². The summed E-state index contributed by atoms with van der Waals surface area (Å²) in [6.07, 6.45) is 3.39. The first-order valence-corrected chi connectivity index (χ1v) is 5.76. The molecule has 0 radical (unpaired) electrons. The fourth-order valence-corrected chi connectivity index (χ4v) is 2.70.